The minimum Gasteiger partial charge on any atom is -0.383 e. The quantitative estimate of drug-likeness (QED) is 0.144. The topological polar surface area (TPSA) is 116 Å². The van der Waals surface area contributed by atoms with Gasteiger partial charge in [0, 0.05) is 65.4 Å². The first-order valence-electron chi connectivity index (χ1n) is 14.7. The first-order valence-corrected chi connectivity index (χ1v) is 15.1. The Morgan fingerprint density at radius 1 is 0.432 bits per heavy atom. The number of hydrogen-bond acceptors (Lipinski definition) is 8. The molecule has 4 aromatic rings. The summed E-state index contributed by atoms with van der Waals surface area (Å²) < 4.78 is 0. The van der Waals surface area contributed by atoms with Gasteiger partial charge < -0.3 is 21.3 Å². The van der Waals surface area contributed by atoms with Gasteiger partial charge in [-0.25, -0.2) is 0 Å². The van der Waals surface area contributed by atoms with E-state index in [0.29, 0.717) is 76.5 Å². The van der Waals surface area contributed by atoms with Crippen molar-refractivity contribution >= 4 is 46.1 Å². The number of rotatable bonds is 12. The van der Waals surface area contributed by atoms with Crippen molar-refractivity contribution in [1.29, 1.82) is 0 Å². The van der Waals surface area contributed by atoms with Crippen molar-refractivity contribution in [2.45, 2.75) is 6.42 Å². The van der Waals surface area contributed by atoms with E-state index in [1.807, 2.05) is 12.1 Å². The lowest BCUT2D eigenvalue weighted by atomic mass is 9.83. The first kappa shape index (κ1) is 29.4. The summed E-state index contributed by atoms with van der Waals surface area (Å²) in [6, 6.07) is 22.5. The highest BCUT2D eigenvalue weighted by Gasteiger charge is 2.33. The Labute approximate surface area is 260 Å². The van der Waals surface area contributed by atoms with Gasteiger partial charge in [-0.15, -0.1) is 0 Å². The maximum absolute atomic E-state index is 13.2. The molecule has 0 fully saturated rings. The molecule has 0 saturated heterocycles. The van der Waals surface area contributed by atoms with Gasteiger partial charge in [0.1, 0.15) is 0 Å². The van der Waals surface area contributed by atoms with E-state index in [2.05, 4.69) is 21.3 Å². The van der Waals surface area contributed by atoms with Crippen LogP contribution in [-0.4, -0.2) is 62.4 Å². The Balaban J connectivity index is 0.910. The standard InChI is InChI=1S/C35H31ClN4O4/c36-26-12-3-9-23-29(26)34(43)25-11-5-14-28(31(25)35(23)44)40-20-18-38-16-6-15-37-17-19-39-27-13-4-10-24-30(27)33(42)22-8-2-1-7-21(22)32(24)41/h1-5,7-14,37-40H,6,15-20H2. The molecule has 0 atom stereocenters. The predicted octanol–water partition coefficient (Wildman–Crippen LogP) is 4.98. The molecule has 0 radical (unpaired) electrons. The lowest BCUT2D eigenvalue weighted by molar-refractivity contribution is 0.0979. The second-order valence-corrected chi connectivity index (χ2v) is 11.1. The molecular weight excluding hydrogens is 576 g/mol. The summed E-state index contributed by atoms with van der Waals surface area (Å²) in [4.78, 5) is 52.3. The van der Waals surface area contributed by atoms with Crippen molar-refractivity contribution in [2.75, 3.05) is 49.9 Å². The molecule has 0 unspecified atom stereocenters. The summed E-state index contributed by atoms with van der Waals surface area (Å²) in [7, 11) is 0. The van der Waals surface area contributed by atoms with Gasteiger partial charge in [0.15, 0.2) is 23.1 Å². The van der Waals surface area contributed by atoms with Crippen molar-refractivity contribution < 1.29 is 19.2 Å². The number of ketones is 4. The molecule has 0 spiro atoms. The monoisotopic (exact) mass is 606 g/mol. The van der Waals surface area contributed by atoms with Crippen LogP contribution in [0.3, 0.4) is 0 Å². The van der Waals surface area contributed by atoms with Crippen LogP contribution in [-0.2, 0) is 0 Å². The summed E-state index contributed by atoms with van der Waals surface area (Å²) in [6.45, 7) is 4.20. The largest absolute Gasteiger partial charge is 0.383 e. The number of hydrogen-bond donors (Lipinski definition) is 4. The molecule has 0 bridgehead atoms. The van der Waals surface area contributed by atoms with Crippen LogP contribution in [0.4, 0.5) is 11.4 Å². The lowest BCUT2D eigenvalue weighted by Gasteiger charge is -2.21. The van der Waals surface area contributed by atoms with E-state index in [1.165, 1.54) is 0 Å². The third-order valence-corrected chi connectivity index (χ3v) is 8.23. The molecule has 4 N–H and O–H groups in total. The van der Waals surface area contributed by atoms with Crippen molar-refractivity contribution in [3.8, 4) is 0 Å². The second-order valence-electron chi connectivity index (χ2n) is 10.7. The maximum Gasteiger partial charge on any atom is 0.196 e. The molecule has 0 aromatic heterocycles. The number of nitrogens with one attached hydrogen (secondary N) is 4. The number of fused-ring (bicyclic) bond motifs is 4. The smallest absolute Gasteiger partial charge is 0.196 e. The van der Waals surface area contributed by atoms with E-state index in [4.69, 9.17) is 11.6 Å². The Morgan fingerprint density at radius 3 is 1.45 bits per heavy atom. The van der Waals surface area contributed by atoms with Crippen LogP contribution in [0, 0.1) is 0 Å². The van der Waals surface area contributed by atoms with E-state index < -0.39 is 0 Å². The summed E-state index contributed by atoms with van der Waals surface area (Å²) >= 11 is 6.23. The number of carbonyl (C=O) groups excluding carboxylic acids is 4. The minimum absolute atomic E-state index is 0.123. The van der Waals surface area contributed by atoms with Gasteiger partial charge in [-0.05, 0) is 37.7 Å². The van der Waals surface area contributed by atoms with Gasteiger partial charge in [0.05, 0.1) is 21.7 Å². The van der Waals surface area contributed by atoms with Gasteiger partial charge >= 0.3 is 0 Å². The summed E-state index contributed by atoms with van der Waals surface area (Å²) in [6.07, 6.45) is 0.912. The highest BCUT2D eigenvalue weighted by molar-refractivity contribution is 6.39. The van der Waals surface area contributed by atoms with Crippen LogP contribution in [0.15, 0.2) is 78.9 Å². The molecule has 8 nitrogen and oxygen atoms in total. The number of anilines is 2. The van der Waals surface area contributed by atoms with Crippen molar-refractivity contribution in [3.63, 3.8) is 0 Å². The van der Waals surface area contributed by atoms with Gasteiger partial charge in [-0.1, -0.05) is 72.3 Å². The van der Waals surface area contributed by atoms with Gasteiger partial charge in [0.2, 0.25) is 0 Å². The van der Waals surface area contributed by atoms with E-state index in [0.717, 1.165) is 19.5 Å². The molecule has 0 aliphatic heterocycles. The maximum atomic E-state index is 13.2. The molecule has 0 heterocycles. The molecule has 2 aliphatic rings. The van der Waals surface area contributed by atoms with Gasteiger partial charge in [0.25, 0.3) is 0 Å². The molecule has 0 amide bonds. The minimum atomic E-state index is -0.234. The third-order valence-electron chi connectivity index (χ3n) is 7.92. The lowest BCUT2D eigenvalue weighted by Crippen LogP contribution is -2.29. The zero-order chi connectivity index (χ0) is 30.6. The van der Waals surface area contributed by atoms with E-state index >= 15 is 0 Å². The van der Waals surface area contributed by atoms with Crippen LogP contribution in [0.2, 0.25) is 5.02 Å². The highest BCUT2D eigenvalue weighted by atomic mass is 35.5. The fraction of sp³-hybridized carbons (Fsp3) is 0.200. The molecular formula is C35H31ClN4O4. The molecule has 4 aromatic carbocycles. The normalized spacial score (nSPS) is 13.2. The van der Waals surface area contributed by atoms with Crippen LogP contribution >= 0.6 is 11.6 Å². The van der Waals surface area contributed by atoms with E-state index in [-0.39, 0.29) is 33.7 Å². The molecule has 44 heavy (non-hydrogen) atoms. The predicted molar refractivity (Wildman–Crippen MR) is 172 cm³/mol. The summed E-state index contributed by atoms with van der Waals surface area (Å²) in [5, 5.41) is 13.7. The Hall–Kier alpha value is -4.63. The Kier molecular flexibility index (Phi) is 8.65. The van der Waals surface area contributed by atoms with Gasteiger partial charge in [-0.3, -0.25) is 19.2 Å². The van der Waals surface area contributed by atoms with Crippen molar-refractivity contribution in [1.82, 2.24) is 10.6 Å². The molecule has 0 saturated carbocycles. The zero-order valence-electron chi connectivity index (χ0n) is 24.0. The Morgan fingerprint density at radius 2 is 0.864 bits per heavy atom. The molecule has 222 valence electrons. The first-order chi connectivity index (χ1) is 21.5. The van der Waals surface area contributed by atoms with Crippen molar-refractivity contribution in [3.05, 3.63) is 128 Å². The third kappa shape index (κ3) is 5.55. The molecule has 9 heteroatoms. The Bertz CT molecular complexity index is 1800. The number of benzene rings is 4. The zero-order valence-corrected chi connectivity index (χ0v) is 24.7. The van der Waals surface area contributed by atoms with Crippen LogP contribution in [0.5, 0.6) is 0 Å². The van der Waals surface area contributed by atoms with Crippen LogP contribution in [0.25, 0.3) is 0 Å². The summed E-state index contributed by atoms with van der Waals surface area (Å²) in [5.74, 6) is -0.690. The average Bonchev–Trinajstić information content (AvgIpc) is 3.04. The van der Waals surface area contributed by atoms with E-state index in [1.54, 1.807) is 66.7 Å². The van der Waals surface area contributed by atoms with Crippen molar-refractivity contribution in [2.24, 2.45) is 0 Å². The van der Waals surface area contributed by atoms with E-state index in [9.17, 15) is 19.2 Å². The van der Waals surface area contributed by atoms with Gasteiger partial charge in [-0.2, -0.15) is 0 Å². The fourth-order valence-corrected chi connectivity index (χ4v) is 6.06. The summed E-state index contributed by atoms with van der Waals surface area (Å²) in [5.41, 5.74) is 4.45. The van der Waals surface area contributed by atoms with Crippen LogP contribution in [0.1, 0.15) is 70.1 Å². The highest BCUT2D eigenvalue weighted by Crippen LogP contribution is 2.35. The number of carbonyl (C=O) groups is 4. The molecule has 2 aliphatic carbocycles. The fourth-order valence-electron chi connectivity index (χ4n) is 5.80. The van der Waals surface area contributed by atoms with Crippen LogP contribution < -0.4 is 21.3 Å². The molecule has 6 rings (SSSR count). The SMILES string of the molecule is O=C1c2ccccc2C(=O)c2c(NCCNCCCNCCNc3cccc4c3C(=O)c3cccc(Cl)c3C4=O)cccc21. The number of halogens is 1. The second kappa shape index (κ2) is 12.9. The average molecular weight is 607 g/mol.